The highest BCUT2D eigenvalue weighted by Crippen LogP contribution is 2.35. The van der Waals surface area contributed by atoms with Crippen LogP contribution < -0.4 is 14.9 Å². The summed E-state index contributed by atoms with van der Waals surface area (Å²) >= 11 is 0. The van der Waals surface area contributed by atoms with Crippen molar-refractivity contribution < 1.29 is 23.0 Å². The summed E-state index contributed by atoms with van der Waals surface area (Å²) in [5, 5.41) is 0. The van der Waals surface area contributed by atoms with Gasteiger partial charge in [0.15, 0.2) is 5.76 Å². The standard InChI is InChI=1S/C24H23FO5/c1-16-21(26)23(28-15-17-9-3-2-4-10-17)22(18-11-5-6-12-19(18)25)30-24(16)29-20-13-7-8-14-27-20/h2-6,9-12,20H,7-8,13-15H2,1H3. The summed E-state index contributed by atoms with van der Waals surface area (Å²) in [5.41, 5.74) is 0.866. The second-order valence-electron chi connectivity index (χ2n) is 7.17. The molecule has 1 atom stereocenters. The molecule has 1 aromatic heterocycles. The van der Waals surface area contributed by atoms with E-state index in [4.69, 9.17) is 18.6 Å². The maximum absolute atomic E-state index is 14.6. The van der Waals surface area contributed by atoms with Gasteiger partial charge in [0.05, 0.1) is 17.7 Å². The van der Waals surface area contributed by atoms with Crippen LogP contribution in [0.15, 0.2) is 63.8 Å². The van der Waals surface area contributed by atoms with Gasteiger partial charge in [0.2, 0.25) is 17.5 Å². The minimum absolute atomic E-state index is 0.00504. The third-order valence-electron chi connectivity index (χ3n) is 4.97. The third-order valence-corrected chi connectivity index (χ3v) is 4.97. The van der Waals surface area contributed by atoms with Gasteiger partial charge in [-0.3, -0.25) is 4.79 Å². The van der Waals surface area contributed by atoms with Crippen molar-refractivity contribution in [2.75, 3.05) is 6.61 Å². The summed E-state index contributed by atoms with van der Waals surface area (Å²) in [6.07, 6.45) is 2.14. The number of rotatable bonds is 6. The van der Waals surface area contributed by atoms with Crippen molar-refractivity contribution in [2.24, 2.45) is 0 Å². The molecule has 3 aromatic rings. The van der Waals surface area contributed by atoms with Gasteiger partial charge in [-0.2, -0.15) is 0 Å². The molecule has 1 fully saturated rings. The highest BCUT2D eigenvalue weighted by molar-refractivity contribution is 5.66. The first-order valence-corrected chi connectivity index (χ1v) is 10.0. The minimum Gasteiger partial charge on any atom is -0.481 e. The largest absolute Gasteiger partial charge is 0.481 e. The number of halogens is 1. The van der Waals surface area contributed by atoms with Gasteiger partial charge < -0.3 is 18.6 Å². The molecule has 1 aliphatic heterocycles. The molecule has 1 saturated heterocycles. The Hall–Kier alpha value is -3.12. The lowest BCUT2D eigenvalue weighted by atomic mass is 10.1. The van der Waals surface area contributed by atoms with Gasteiger partial charge >= 0.3 is 0 Å². The molecule has 0 N–H and O–H groups in total. The molecule has 4 rings (SSSR count). The molecular weight excluding hydrogens is 387 g/mol. The second kappa shape index (κ2) is 9.13. The Bertz CT molecular complexity index is 1050. The molecule has 156 valence electrons. The SMILES string of the molecule is Cc1c(OC2CCCCO2)oc(-c2ccccc2F)c(OCc2ccccc2)c1=O. The Balaban J connectivity index is 1.74. The van der Waals surface area contributed by atoms with E-state index in [9.17, 15) is 9.18 Å². The number of ether oxygens (including phenoxy) is 3. The highest BCUT2D eigenvalue weighted by Gasteiger charge is 2.25. The lowest BCUT2D eigenvalue weighted by Crippen LogP contribution is -2.26. The maximum atomic E-state index is 14.6. The average Bonchev–Trinajstić information content (AvgIpc) is 2.78. The average molecular weight is 410 g/mol. The first-order valence-electron chi connectivity index (χ1n) is 10.0. The number of hydrogen-bond acceptors (Lipinski definition) is 5. The molecule has 2 aromatic carbocycles. The summed E-state index contributed by atoms with van der Waals surface area (Å²) in [6.45, 7) is 2.34. The lowest BCUT2D eigenvalue weighted by molar-refractivity contribution is -0.115. The Morgan fingerprint density at radius 3 is 2.57 bits per heavy atom. The molecule has 2 heterocycles. The monoisotopic (exact) mass is 410 g/mol. The zero-order chi connectivity index (χ0) is 20.9. The smallest absolute Gasteiger partial charge is 0.294 e. The van der Waals surface area contributed by atoms with Gasteiger partial charge in [0.1, 0.15) is 12.4 Å². The van der Waals surface area contributed by atoms with Crippen molar-refractivity contribution in [1.29, 1.82) is 0 Å². The van der Waals surface area contributed by atoms with Crippen molar-refractivity contribution in [1.82, 2.24) is 0 Å². The van der Waals surface area contributed by atoms with Crippen LogP contribution in [0.5, 0.6) is 11.7 Å². The van der Waals surface area contributed by atoms with Crippen LogP contribution in [-0.4, -0.2) is 12.9 Å². The zero-order valence-electron chi connectivity index (χ0n) is 16.7. The van der Waals surface area contributed by atoms with Crippen LogP contribution in [0, 0.1) is 12.7 Å². The van der Waals surface area contributed by atoms with Crippen LogP contribution in [0.4, 0.5) is 4.39 Å². The van der Waals surface area contributed by atoms with Gasteiger partial charge in [0, 0.05) is 6.42 Å². The summed E-state index contributed by atoms with van der Waals surface area (Å²) in [7, 11) is 0. The molecule has 5 nitrogen and oxygen atoms in total. The van der Waals surface area contributed by atoms with E-state index in [1.54, 1.807) is 25.1 Å². The Morgan fingerprint density at radius 2 is 1.83 bits per heavy atom. The molecule has 1 aliphatic rings. The summed E-state index contributed by atoms with van der Waals surface area (Å²) in [5.74, 6) is -0.532. The number of hydrogen-bond donors (Lipinski definition) is 0. The topological polar surface area (TPSA) is 57.9 Å². The molecule has 0 spiro atoms. The van der Waals surface area contributed by atoms with E-state index >= 15 is 0 Å². The maximum Gasteiger partial charge on any atom is 0.294 e. The van der Waals surface area contributed by atoms with Gasteiger partial charge in [0.25, 0.3) is 5.95 Å². The van der Waals surface area contributed by atoms with E-state index in [-0.39, 0.29) is 35.2 Å². The minimum atomic E-state index is -0.520. The van der Waals surface area contributed by atoms with Crippen molar-refractivity contribution >= 4 is 0 Å². The first kappa shape index (κ1) is 20.2. The fraction of sp³-hybridized carbons (Fsp3) is 0.292. The normalized spacial score (nSPS) is 16.3. The lowest BCUT2D eigenvalue weighted by Gasteiger charge is -2.23. The van der Waals surface area contributed by atoms with Crippen LogP contribution in [0.2, 0.25) is 0 Å². The van der Waals surface area contributed by atoms with Crippen LogP contribution in [-0.2, 0) is 11.3 Å². The summed E-state index contributed by atoms with van der Waals surface area (Å²) < 4.78 is 37.7. The van der Waals surface area contributed by atoms with Crippen molar-refractivity contribution in [3.63, 3.8) is 0 Å². The van der Waals surface area contributed by atoms with Crippen molar-refractivity contribution in [3.8, 4) is 23.0 Å². The molecule has 0 saturated carbocycles. The highest BCUT2D eigenvalue weighted by atomic mass is 19.1. The van der Waals surface area contributed by atoms with Crippen LogP contribution in [0.25, 0.3) is 11.3 Å². The number of benzene rings is 2. The molecular formula is C24H23FO5. The van der Waals surface area contributed by atoms with E-state index < -0.39 is 17.5 Å². The van der Waals surface area contributed by atoms with E-state index in [2.05, 4.69) is 0 Å². The van der Waals surface area contributed by atoms with E-state index in [0.717, 1.165) is 18.4 Å². The third kappa shape index (κ3) is 4.39. The van der Waals surface area contributed by atoms with Crippen molar-refractivity contribution in [3.05, 3.63) is 81.8 Å². The fourth-order valence-electron chi connectivity index (χ4n) is 3.30. The fourth-order valence-corrected chi connectivity index (χ4v) is 3.30. The van der Waals surface area contributed by atoms with Gasteiger partial charge in [-0.25, -0.2) is 4.39 Å². The Kier molecular flexibility index (Phi) is 6.14. The van der Waals surface area contributed by atoms with Gasteiger partial charge in [-0.1, -0.05) is 42.5 Å². The predicted octanol–water partition coefficient (Wildman–Crippen LogP) is 5.24. The van der Waals surface area contributed by atoms with E-state index in [1.165, 1.54) is 6.07 Å². The van der Waals surface area contributed by atoms with Crippen molar-refractivity contribution in [2.45, 2.75) is 39.1 Å². The summed E-state index contributed by atoms with van der Waals surface area (Å²) in [4.78, 5) is 13.1. The Labute approximate surface area is 174 Å². The van der Waals surface area contributed by atoms with E-state index in [1.807, 2.05) is 30.3 Å². The summed E-state index contributed by atoms with van der Waals surface area (Å²) in [6, 6.07) is 15.5. The van der Waals surface area contributed by atoms with Gasteiger partial charge in [-0.05, 0) is 37.5 Å². The zero-order valence-corrected chi connectivity index (χ0v) is 16.7. The predicted molar refractivity (Wildman–Crippen MR) is 110 cm³/mol. The van der Waals surface area contributed by atoms with Crippen LogP contribution in [0.3, 0.4) is 0 Å². The first-order chi connectivity index (χ1) is 14.6. The van der Waals surface area contributed by atoms with Gasteiger partial charge in [-0.15, -0.1) is 0 Å². The molecule has 1 unspecified atom stereocenters. The molecule has 0 radical (unpaired) electrons. The molecule has 6 heteroatoms. The molecule has 0 aliphatic carbocycles. The second-order valence-corrected chi connectivity index (χ2v) is 7.17. The quantitative estimate of drug-likeness (QED) is 0.556. The van der Waals surface area contributed by atoms with Crippen LogP contribution in [0.1, 0.15) is 30.4 Å². The molecule has 0 bridgehead atoms. The van der Waals surface area contributed by atoms with Crippen LogP contribution >= 0.6 is 0 Å². The molecule has 0 amide bonds. The Morgan fingerprint density at radius 1 is 1.07 bits per heavy atom. The van der Waals surface area contributed by atoms with E-state index in [0.29, 0.717) is 13.0 Å². The molecule has 30 heavy (non-hydrogen) atoms.